The van der Waals surface area contributed by atoms with Gasteiger partial charge in [-0.3, -0.25) is 9.48 Å². The molecule has 4 rings (SSSR count). The van der Waals surface area contributed by atoms with Gasteiger partial charge in [-0.25, -0.2) is 0 Å². The molecule has 1 amide bonds. The van der Waals surface area contributed by atoms with Crippen LogP contribution in [-0.4, -0.2) is 60.0 Å². The van der Waals surface area contributed by atoms with Crippen LogP contribution in [0.1, 0.15) is 37.2 Å². The number of piperidine rings is 1. The van der Waals surface area contributed by atoms with Crippen LogP contribution in [0.25, 0.3) is 10.9 Å². The third-order valence-corrected chi connectivity index (χ3v) is 6.03. The van der Waals surface area contributed by atoms with E-state index in [4.69, 9.17) is 4.74 Å². The van der Waals surface area contributed by atoms with Crippen LogP contribution in [-0.2, 0) is 4.74 Å². The Morgan fingerprint density at radius 1 is 1.33 bits per heavy atom. The summed E-state index contributed by atoms with van der Waals surface area (Å²) in [5, 5.41) is 8.79. The van der Waals surface area contributed by atoms with Gasteiger partial charge in [-0.2, -0.15) is 5.10 Å². The second kappa shape index (κ2) is 7.60. The third-order valence-electron chi connectivity index (χ3n) is 6.03. The first-order chi connectivity index (χ1) is 13.1. The molecule has 1 aromatic heterocycles. The normalized spacial score (nSPS) is 24.5. The van der Waals surface area contributed by atoms with Crippen LogP contribution in [0.2, 0.25) is 0 Å². The van der Waals surface area contributed by atoms with Gasteiger partial charge in [0.1, 0.15) is 5.52 Å². The van der Waals surface area contributed by atoms with E-state index in [1.165, 1.54) is 0 Å². The van der Waals surface area contributed by atoms with Gasteiger partial charge in [-0.05, 0) is 44.6 Å². The van der Waals surface area contributed by atoms with Gasteiger partial charge >= 0.3 is 0 Å². The van der Waals surface area contributed by atoms with E-state index in [2.05, 4.69) is 29.2 Å². The zero-order chi connectivity index (χ0) is 19.0. The van der Waals surface area contributed by atoms with Gasteiger partial charge in [0, 0.05) is 50.4 Å². The number of amides is 1. The lowest BCUT2D eigenvalue weighted by Gasteiger charge is -2.19. The fraction of sp³-hybridized carbons (Fsp3) is 0.619. The highest BCUT2D eigenvalue weighted by Crippen LogP contribution is 2.51. The number of hydrogen-bond donors (Lipinski definition) is 1. The van der Waals surface area contributed by atoms with E-state index in [-0.39, 0.29) is 11.9 Å². The Labute approximate surface area is 160 Å². The fourth-order valence-electron chi connectivity index (χ4n) is 4.38. The van der Waals surface area contributed by atoms with E-state index in [9.17, 15) is 4.79 Å². The van der Waals surface area contributed by atoms with Crippen molar-refractivity contribution in [3.8, 4) is 0 Å². The molecular formula is C21H30N4O2. The molecule has 2 fully saturated rings. The number of rotatable bonds is 8. The number of nitrogens with one attached hydrogen (secondary N) is 1. The minimum absolute atomic E-state index is 0.00668. The van der Waals surface area contributed by atoms with E-state index in [0.717, 1.165) is 62.1 Å². The average Bonchev–Trinajstić information content (AvgIpc) is 3.03. The van der Waals surface area contributed by atoms with Gasteiger partial charge in [-0.1, -0.05) is 12.1 Å². The molecule has 1 aromatic carbocycles. The Balaban J connectivity index is 1.31. The van der Waals surface area contributed by atoms with Crippen LogP contribution >= 0.6 is 0 Å². The Hall–Kier alpha value is -1.92. The van der Waals surface area contributed by atoms with Crippen molar-refractivity contribution in [2.45, 2.75) is 26.8 Å². The lowest BCUT2D eigenvalue weighted by molar-refractivity contribution is 0.0949. The molecule has 2 aliphatic rings. The number of hydrogen-bond acceptors (Lipinski definition) is 4. The summed E-state index contributed by atoms with van der Waals surface area (Å²) in [5.74, 6) is 2.10. The summed E-state index contributed by atoms with van der Waals surface area (Å²) in [4.78, 5) is 15.2. The first-order valence-corrected chi connectivity index (χ1v) is 10.1. The largest absolute Gasteiger partial charge is 0.380 e. The predicted octanol–water partition coefficient (Wildman–Crippen LogP) is 2.56. The zero-order valence-corrected chi connectivity index (χ0v) is 16.5. The lowest BCUT2D eigenvalue weighted by Crippen LogP contribution is -2.32. The van der Waals surface area contributed by atoms with E-state index in [1.54, 1.807) is 0 Å². The Morgan fingerprint density at radius 3 is 2.81 bits per heavy atom. The maximum atomic E-state index is 12.7. The minimum atomic E-state index is -0.00668. The number of carbonyl (C=O) groups is 1. The van der Waals surface area contributed by atoms with Crippen LogP contribution in [0.5, 0.6) is 0 Å². The second-order valence-electron chi connectivity index (χ2n) is 8.10. The first-order valence-electron chi connectivity index (χ1n) is 10.1. The number of carbonyl (C=O) groups excluding carboxylic acids is 1. The molecule has 27 heavy (non-hydrogen) atoms. The smallest absolute Gasteiger partial charge is 0.253 e. The number of nitrogens with zero attached hydrogens (tertiary/aromatic N) is 3. The summed E-state index contributed by atoms with van der Waals surface area (Å²) in [6.07, 6.45) is 2.01. The van der Waals surface area contributed by atoms with Gasteiger partial charge in [-0.15, -0.1) is 0 Å². The highest BCUT2D eigenvalue weighted by atomic mass is 16.5. The van der Waals surface area contributed by atoms with Crippen LogP contribution in [0.15, 0.2) is 24.4 Å². The van der Waals surface area contributed by atoms with Crippen molar-refractivity contribution in [2.24, 2.45) is 17.8 Å². The highest BCUT2D eigenvalue weighted by molar-refractivity contribution is 6.05. The Bertz CT molecular complexity index is 804. The number of aromatic nitrogens is 2. The van der Waals surface area contributed by atoms with Crippen LogP contribution in [0, 0.1) is 17.8 Å². The highest BCUT2D eigenvalue weighted by Gasteiger charge is 2.54. The monoisotopic (exact) mass is 370 g/mol. The maximum absolute atomic E-state index is 12.7. The molecule has 1 saturated heterocycles. The first kappa shape index (κ1) is 18.4. The van der Waals surface area contributed by atoms with Crippen molar-refractivity contribution < 1.29 is 9.53 Å². The summed E-state index contributed by atoms with van der Waals surface area (Å²) in [6, 6.07) is 6.11. The molecule has 1 N–H and O–H groups in total. The summed E-state index contributed by atoms with van der Waals surface area (Å²) < 4.78 is 7.37. The third kappa shape index (κ3) is 3.73. The summed E-state index contributed by atoms with van der Waals surface area (Å²) >= 11 is 0. The molecular weight excluding hydrogens is 340 g/mol. The summed E-state index contributed by atoms with van der Waals surface area (Å²) in [5.41, 5.74) is 1.47. The molecule has 0 spiro atoms. The molecule has 2 atom stereocenters. The Morgan fingerprint density at radius 2 is 2.11 bits per heavy atom. The SMILES string of the molecule is CCOCCN1CC2C(CNC(=O)c3cccc4cn(C(C)C)nc34)C2C1. The molecule has 1 aliphatic carbocycles. The van der Waals surface area contributed by atoms with Gasteiger partial charge in [0.25, 0.3) is 5.91 Å². The quantitative estimate of drug-likeness (QED) is 0.726. The lowest BCUT2D eigenvalue weighted by atomic mass is 10.1. The van der Waals surface area contributed by atoms with E-state index in [0.29, 0.717) is 11.5 Å². The number of fused-ring (bicyclic) bond motifs is 2. The molecule has 0 bridgehead atoms. The van der Waals surface area contributed by atoms with Crippen molar-refractivity contribution in [3.63, 3.8) is 0 Å². The Kier molecular flexibility index (Phi) is 5.19. The zero-order valence-electron chi connectivity index (χ0n) is 16.5. The molecule has 6 heteroatoms. The summed E-state index contributed by atoms with van der Waals surface area (Å²) in [6.45, 7) is 11.9. The van der Waals surface area contributed by atoms with Gasteiger partial charge in [0.2, 0.25) is 0 Å². The van der Waals surface area contributed by atoms with Crippen LogP contribution in [0.3, 0.4) is 0 Å². The molecule has 2 unspecified atom stereocenters. The van der Waals surface area contributed by atoms with E-state index >= 15 is 0 Å². The predicted molar refractivity (Wildman–Crippen MR) is 106 cm³/mol. The molecule has 0 radical (unpaired) electrons. The van der Waals surface area contributed by atoms with Gasteiger partial charge < -0.3 is 15.0 Å². The summed E-state index contributed by atoms with van der Waals surface area (Å²) in [7, 11) is 0. The number of likely N-dealkylation sites (tertiary alicyclic amines) is 1. The molecule has 6 nitrogen and oxygen atoms in total. The van der Waals surface area contributed by atoms with Crippen molar-refractivity contribution >= 4 is 16.8 Å². The van der Waals surface area contributed by atoms with Crippen molar-refractivity contribution in [1.82, 2.24) is 20.0 Å². The standard InChI is InChI=1S/C21H30N4O2/c1-4-27-9-8-24-12-18-17(19(18)13-24)10-22-21(26)16-7-5-6-15-11-25(14(2)3)23-20(15)16/h5-7,11,14,17-19H,4,8-10,12-13H2,1-3H3,(H,22,26). The minimum Gasteiger partial charge on any atom is -0.380 e. The number of ether oxygens (including phenoxy) is 1. The van der Waals surface area contributed by atoms with Gasteiger partial charge in [0.15, 0.2) is 0 Å². The number of benzene rings is 1. The molecule has 2 heterocycles. The molecule has 1 saturated carbocycles. The van der Waals surface area contributed by atoms with Crippen LogP contribution < -0.4 is 5.32 Å². The second-order valence-corrected chi connectivity index (χ2v) is 8.10. The maximum Gasteiger partial charge on any atom is 0.253 e. The van der Waals surface area contributed by atoms with E-state index in [1.807, 2.05) is 36.0 Å². The van der Waals surface area contributed by atoms with Crippen molar-refractivity contribution in [3.05, 3.63) is 30.0 Å². The molecule has 1 aliphatic heterocycles. The van der Waals surface area contributed by atoms with Crippen molar-refractivity contribution in [1.29, 1.82) is 0 Å². The fourth-order valence-corrected chi connectivity index (χ4v) is 4.38. The van der Waals surface area contributed by atoms with E-state index < -0.39 is 0 Å². The molecule has 146 valence electrons. The topological polar surface area (TPSA) is 59.4 Å². The van der Waals surface area contributed by atoms with Gasteiger partial charge in [0.05, 0.1) is 12.2 Å². The average molecular weight is 370 g/mol. The molecule has 2 aromatic rings. The van der Waals surface area contributed by atoms with Crippen molar-refractivity contribution in [2.75, 3.05) is 39.4 Å². The van der Waals surface area contributed by atoms with Crippen LogP contribution in [0.4, 0.5) is 0 Å².